The van der Waals surface area contributed by atoms with Gasteiger partial charge in [-0.05, 0) is 24.0 Å². The molecule has 0 aromatic heterocycles. The first kappa shape index (κ1) is 16.9. The van der Waals surface area contributed by atoms with Crippen molar-refractivity contribution >= 4 is 16.7 Å². The lowest BCUT2D eigenvalue weighted by Crippen LogP contribution is -2.49. The Morgan fingerprint density at radius 1 is 1.00 bits per heavy atom. The molecule has 1 N–H and O–H groups in total. The molecular formula is C20H23NO2S. The van der Waals surface area contributed by atoms with E-state index in [0.717, 1.165) is 30.4 Å². The van der Waals surface area contributed by atoms with E-state index in [4.69, 9.17) is 0 Å². The van der Waals surface area contributed by atoms with Crippen LogP contribution in [0.4, 0.5) is 0 Å². The van der Waals surface area contributed by atoms with Crippen molar-refractivity contribution in [2.75, 3.05) is 12.3 Å². The van der Waals surface area contributed by atoms with E-state index in [2.05, 4.69) is 5.32 Å². The monoisotopic (exact) mass is 341 g/mol. The Hall–Kier alpha value is -1.94. The molecular weight excluding hydrogens is 318 g/mol. The van der Waals surface area contributed by atoms with Crippen molar-refractivity contribution in [3.63, 3.8) is 0 Å². The summed E-state index contributed by atoms with van der Waals surface area (Å²) in [5.74, 6) is 1.11. The van der Waals surface area contributed by atoms with Crippen LogP contribution in [0.2, 0.25) is 0 Å². The third-order valence-corrected chi connectivity index (χ3v) is 6.07. The molecule has 1 amide bonds. The lowest BCUT2D eigenvalue weighted by Gasteiger charge is -2.40. The van der Waals surface area contributed by atoms with E-state index in [-0.39, 0.29) is 11.3 Å². The van der Waals surface area contributed by atoms with Gasteiger partial charge in [-0.15, -0.1) is 0 Å². The highest BCUT2D eigenvalue weighted by Crippen LogP contribution is 2.43. The second kappa shape index (κ2) is 7.75. The molecule has 1 aliphatic carbocycles. The molecule has 0 spiro atoms. The van der Waals surface area contributed by atoms with Gasteiger partial charge < -0.3 is 5.32 Å². The Bertz CT molecular complexity index is 696. The summed E-state index contributed by atoms with van der Waals surface area (Å²) in [4.78, 5) is 12.7. The van der Waals surface area contributed by atoms with Crippen LogP contribution in [0.25, 0.3) is 0 Å². The lowest BCUT2D eigenvalue weighted by atomic mass is 9.64. The summed E-state index contributed by atoms with van der Waals surface area (Å²) in [7, 11) is -0.957. The minimum Gasteiger partial charge on any atom is -0.354 e. The van der Waals surface area contributed by atoms with E-state index in [9.17, 15) is 9.00 Å². The molecule has 0 unspecified atom stereocenters. The number of hydrogen-bond donors (Lipinski definition) is 1. The quantitative estimate of drug-likeness (QED) is 0.841. The molecule has 126 valence electrons. The molecule has 1 aliphatic rings. The van der Waals surface area contributed by atoms with Gasteiger partial charge in [-0.1, -0.05) is 67.1 Å². The first-order chi connectivity index (χ1) is 11.7. The number of carbonyl (C=O) groups is 1. The number of rotatable bonds is 7. The average Bonchev–Trinajstić information content (AvgIpc) is 2.56. The molecule has 24 heavy (non-hydrogen) atoms. The van der Waals surface area contributed by atoms with Crippen LogP contribution in [0, 0.1) is 0 Å². The van der Waals surface area contributed by atoms with Crippen LogP contribution in [0.15, 0.2) is 60.7 Å². The predicted molar refractivity (Wildman–Crippen MR) is 98.1 cm³/mol. The summed E-state index contributed by atoms with van der Waals surface area (Å²) < 4.78 is 12.2. The van der Waals surface area contributed by atoms with Crippen LogP contribution in [-0.4, -0.2) is 22.4 Å². The maximum Gasteiger partial charge on any atom is 0.230 e. The SMILES string of the molecule is O=C(NCC[S@@](=O)Cc1ccccc1)C1(c2ccccc2)CCC1. The number of benzene rings is 2. The van der Waals surface area contributed by atoms with Crippen molar-refractivity contribution in [2.45, 2.75) is 30.4 Å². The van der Waals surface area contributed by atoms with E-state index >= 15 is 0 Å². The Kier molecular flexibility index (Phi) is 5.46. The average molecular weight is 341 g/mol. The van der Waals surface area contributed by atoms with Crippen LogP contribution < -0.4 is 5.32 Å². The molecule has 0 heterocycles. The molecule has 0 aliphatic heterocycles. The molecule has 3 nitrogen and oxygen atoms in total. The Morgan fingerprint density at radius 2 is 1.62 bits per heavy atom. The first-order valence-electron chi connectivity index (χ1n) is 8.43. The predicted octanol–water partition coefficient (Wildman–Crippen LogP) is 3.17. The summed E-state index contributed by atoms with van der Waals surface area (Å²) in [6.45, 7) is 0.465. The topological polar surface area (TPSA) is 46.2 Å². The zero-order chi connectivity index (χ0) is 16.8. The van der Waals surface area contributed by atoms with Crippen LogP contribution in [-0.2, 0) is 26.8 Å². The summed E-state index contributed by atoms with van der Waals surface area (Å²) in [5.41, 5.74) is 1.79. The summed E-state index contributed by atoms with van der Waals surface area (Å²) >= 11 is 0. The number of nitrogens with one attached hydrogen (secondary N) is 1. The third kappa shape index (κ3) is 3.75. The van der Waals surface area contributed by atoms with E-state index in [1.165, 1.54) is 0 Å². The van der Waals surface area contributed by atoms with Gasteiger partial charge in [0.05, 0.1) is 5.41 Å². The molecule has 2 aromatic carbocycles. The molecule has 3 rings (SSSR count). The van der Waals surface area contributed by atoms with Gasteiger partial charge in [0, 0.05) is 28.9 Å². The van der Waals surface area contributed by atoms with Gasteiger partial charge >= 0.3 is 0 Å². The van der Waals surface area contributed by atoms with Crippen molar-refractivity contribution in [1.29, 1.82) is 0 Å². The minimum absolute atomic E-state index is 0.0802. The minimum atomic E-state index is -0.957. The maximum absolute atomic E-state index is 12.7. The summed E-state index contributed by atoms with van der Waals surface area (Å²) in [5, 5.41) is 3.01. The van der Waals surface area contributed by atoms with Gasteiger partial charge in [0.15, 0.2) is 0 Å². The van der Waals surface area contributed by atoms with E-state index in [1.54, 1.807) is 0 Å². The van der Waals surface area contributed by atoms with E-state index in [0.29, 0.717) is 18.1 Å². The Morgan fingerprint density at radius 3 is 2.21 bits per heavy atom. The molecule has 0 radical (unpaired) electrons. The highest BCUT2D eigenvalue weighted by Gasteiger charge is 2.45. The second-order valence-corrected chi connectivity index (χ2v) is 7.91. The largest absolute Gasteiger partial charge is 0.354 e. The van der Waals surface area contributed by atoms with Gasteiger partial charge in [0.1, 0.15) is 0 Å². The standard InChI is InChI=1S/C20H23NO2S/c22-19(20(12-7-13-20)18-10-5-2-6-11-18)21-14-15-24(23)16-17-8-3-1-4-9-17/h1-6,8-11H,7,12-16H2,(H,21,22)/t24-/m1/s1. The highest BCUT2D eigenvalue weighted by atomic mass is 32.2. The third-order valence-electron chi connectivity index (χ3n) is 4.75. The fourth-order valence-electron chi connectivity index (χ4n) is 3.21. The molecule has 0 bridgehead atoms. The molecule has 1 atom stereocenters. The number of carbonyl (C=O) groups excluding carboxylic acids is 1. The Balaban J connectivity index is 1.51. The fraction of sp³-hybridized carbons (Fsp3) is 0.350. The molecule has 1 saturated carbocycles. The van der Waals surface area contributed by atoms with E-state index in [1.807, 2.05) is 60.7 Å². The summed E-state index contributed by atoms with van der Waals surface area (Å²) in [6, 6.07) is 19.8. The van der Waals surface area contributed by atoms with Crippen LogP contribution in [0.5, 0.6) is 0 Å². The van der Waals surface area contributed by atoms with E-state index < -0.39 is 10.8 Å². The second-order valence-electron chi connectivity index (χ2n) is 6.33. The smallest absolute Gasteiger partial charge is 0.230 e. The van der Waals surface area contributed by atoms with Crippen molar-refractivity contribution < 1.29 is 9.00 Å². The van der Waals surface area contributed by atoms with Crippen molar-refractivity contribution in [2.24, 2.45) is 0 Å². The molecule has 0 saturated heterocycles. The molecule has 2 aromatic rings. The van der Waals surface area contributed by atoms with Crippen LogP contribution in [0.3, 0.4) is 0 Å². The van der Waals surface area contributed by atoms with Crippen molar-refractivity contribution in [3.8, 4) is 0 Å². The normalized spacial score (nSPS) is 16.8. The van der Waals surface area contributed by atoms with Gasteiger partial charge in [0.25, 0.3) is 0 Å². The first-order valence-corrected chi connectivity index (χ1v) is 9.92. The molecule has 4 heteroatoms. The van der Waals surface area contributed by atoms with Crippen molar-refractivity contribution in [3.05, 3.63) is 71.8 Å². The molecule has 1 fully saturated rings. The maximum atomic E-state index is 12.7. The summed E-state index contributed by atoms with van der Waals surface area (Å²) in [6.07, 6.45) is 2.88. The highest BCUT2D eigenvalue weighted by molar-refractivity contribution is 7.84. The zero-order valence-electron chi connectivity index (χ0n) is 13.7. The van der Waals surface area contributed by atoms with Gasteiger partial charge in [-0.2, -0.15) is 0 Å². The lowest BCUT2D eigenvalue weighted by molar-refractivity contribution is -0.129. The number of hydrogen-bond acceptors (Lipinski definition) is 2. The van der Waals surface area contributed by atoms with Gasteiger partial charge in [-0.25, -0.2) is 0 Å². The number of amides is 1. The van der Waals surface area contributed by atoms with Gasteiger partial charge in [0.2, 0.25) is 5.91 Å². The van der Waals surface area contributed by atoms with Gasteiger partial charge in [-0.3, -0.25) is 9.00 Å². The van der Waals surface area contributed by atoms with Crippen LogP contribution >= 0.6 is 0 Å². The zero-order valence-corrected chi connectivity index (χ0v) is 14.6. The Labute approximate surface area is 145 Å². The fourth-order valence-corrected chi connectivity index (χ4v) is 4.25. The van der Waals surface area contributed by atoms with Crippen molar-refractivity contribution in [1.82, 2.24) is 5.32 Å². The van der Waals surface area contributed by atoms with Crippen LogP contribution in [0.1, 0.15) is 30.4 Å².